The minimum atomic E-state index is -2.98. The number of hydrogen-bond acceptors (Lipinski definition) is 4. The first kappa shape index (κ1) is 24.9. The fourth-order valence-electron chi connectivity index (χ4n) is 4.39. The maximum atomic E-state index is 12.1. The van der Waals surface area contributed by atoms with Crippen LogP contribution >= 0.6 is 24.0 Å². The van der Waals surface area contributed by atoms with Crippen LogP contribution < -0.4 is 16.0 Å². The zero-order chi connectivity index (χ0) is 20.7. The molecule has 1 aliphatic carbocycles. The number of nitrogens with one attached hydrogen (secondary N) is 3. The zero-order valence-electron chi connectivity index (χ0n) is 17.5. The van der Waals surface area contributed by atoms with E-state index in [9.17, 15) is 13.2 Å². The SMILES string of the molecule is CN=C(NCCC(=O)NC1CCS(=O)(=O)C1)NCC1(c2ccccc2)CCCC1.I. The first-order valence-electron chi connectivity index (χ1n) is 10.4. The van der Waals surface area contributed by atoms with Crippen molar-refractivity contribution in [2.24, 2.45) is 4.99 Å². The molecular formula is C21H33IN4O3S. The van der Waals surface area contributed by atoms with Crippen molar-refractivity contribution < 1.29 is 13.2 Å². The topological polar surface area (TPSA) is 99.7 Å². The van der Waals surface area contributed by atoms with Crippen molar-refractivity contribution in [1.82, 2.24) is 16.0 Å². The first-order chi connectivity index (χ1) is 13.9. The van der Waals surface area contributed by atoms with Crippen LogP contribution in [0.5, 0.6) is 0 Å². The van der Waals surface area contributed by atoms with Gasteiger partial charge in [0.15, 0.2) is 15.8 Å². The normalized spacial score (nSPS) is 22.2. The Morgan fingerprint density at radius 1 is 1.17 bits per heavy atom. The predicted octanol–water partition coefficient (Wildman–Crippen LogP) is 1.97. The Balaban J connectivity index is 0.00000320. The second-order valence-corrected chi connectivity index (χ2v) is 10.4. The zero-order valence-corrected chi connectivity index (χ0v) is 20.7. The third kappa shape index (κ3) is 6.83. The van der Waals surface area contributed by atoms with Gasteiger partial charge < -0.3 is 16.0 Å². The molecule has 1 atom stereocenters. The third-order valence-corrected chi connectivity index (χ3v) is 7.77. The van der Waals surface area contributed by atoms with E-state index in [4.69, 9.17) is 0 Å². The molecule has 1 amide bonds. The summed E-state index contributed by atoms with van der Waals surface area (Å²) in [7, 11) is -1.26. The molecule has 3 rings (SSSR count). The molecule has 30 heavy (non-hydrogen) atoms. The molecule has 1 aromatic rings. The molecule has 9 heteroatoms. The summed E-state index contributed by atoms with van der Waals surface area (Å²) < 4.78 is 23.0. The van der Waals surface area contributed by atoms with Crippen LogP contribution in [0, 0.1) is 0 Å². The smallest absolute Gasteiger partial charge is 0.222 e. The Morgan fingerprint density at radius 3 is 2.47 bits per heavy atom. The molecule has 1 aromatic carbocycles. The van der Waals surface area contributed by atoms with Crippen LogP contribution in [-0.2, 0) is 20.0 Å². The molecular weight excluding hydrogens is 515 g/mol. The number of aliphatic imine (C=N–C) groups is 1. The van der Waals surface area contributed by atoms with Crippen molar-refractivity contribution in [3.63, 3.8) is 0 Å². The lowest BCUT2D eigenvalue weighted by Crippen LogP contribution is -2.45. The van der Waals surface area contributed by atoms with Gasteiger partial charge in [-0.05, 0) is 24.8 Å². The van der Waals surface area contributed by atoms with Gasteiger partial charge in [0.1, 0.15) is 0 Å². The quantitative estimate of drug-likeness (QED) is 0.275. The predicted molar refractivity (Wildman–Crippen MR) is 131 cm³/mol. The van der Waals surface area contributed by atoms with E-state index in [2.05, 4.69) is 45.2 Å². The van der Waals surface area contributed by atoms with Gasteiger partial charge in [0.25, 0.3) is 0 Å². The Kier molecular flexibility index (Phi) is 9.39. The molecule has 1 saturated carbocycles. The summed E-state index contributed by atoms with van der Waals surface area (Å²) in [6.07, 6.45) is 5.58. The third-order valence-electron chi connectivity index (χ3n) is 6.01. The summed E-state index contributed by atoms with van der Waals surface area (Å²) in [5, 5.41) is 9.44. The van der Waals surface area contributed by atoms with Crippen molar-refractivity contribution in [3.8, 4) is 0 Å². The average molecular weight is 548 g/mol. The van der Waals surface area contributed by atoms with Crippen molar-refractivity contribution in [1.29, 1.82) is 0 Å². The van der Waals surface area contributed by atoms with Crippen molar-refractivity contribution >= 4 is 45.7 Å². The largest absolute Gasteiger partial charge is 0.356 e. The second-order valence-electron chi connectivity index (χ2n) is 8.12. The number of amides is 1. The van der Waals surface area contributed by atoms with Crippen LogP contribution in [0.4, 0.5) is 0 Å². The lowest BCUT2D eigenvalue weighted by atomic mass is 9.79. The second kappa shape index (κ2) is 11.3. The number of halogens is 1. The summed E-state index contributed by atoms with van der Waals surface area (Å²) in [6.45, 7) is 1.26. The molecule has 0 spiro atoms. The summed E-state index contributed by atoms with van der Waals surface area (Å²) >= 11 is 0. The summed E-state index contributed by atoms with van der Waals surface area (Å²) in [4.78, 5) is 16.4. The molecule has 1 saturated heterocycles. The first-order valence-corrected chi connectivity index (χ1v) is 12.2. The van der Waals surface area contributed by atoms with Crippen LogP contribution in [0.1, 0.15) is 44.1 Å². The molecule has 2 fully saturated rings. The number of rotatable bonds is 7. The highest BCUT2D eigenvalue weighted by Gasteiger charge is 2.35. The molecule has 2 aliphatic rings. The molecule has 0 bridgehead atoms. The number of nitrogens with zero attached hydrogens (tertiary/aromatic N) is 1. The van der Waals surface area contributed by atoms with Crippen molar-refractivity contribution in [3.05, 3.63) is 35.9 Å². The van der Waals surface area contributed by atoms with Crippen LogP contribution in [0.15, 0.2) is 35.3 Å². The lowest BCUT2D eigenvalue weighted by molar-refractivity contribution is -0.121. The van der Waals surface area contributed by atoms with Gasteiger partial charge in [-0.1, -0.05) is 43.2 Å². The van der Waals surface area contributed by atoms with Crippen LogP contribution in [0.3, 0.4) is 0 Å². The standard InChI is InChI=1S/C21H32N4O3S.HI/c1-22-20(23-13-9-19(26)25-18-10-14-29(27,28)15-18)24-16-21(11-5-6-12-21)17-7-3-2-4-8-17;/h2-4,7-8,18H,5-6,9-16H2,1H3,(H,25,26)(H2,22,23,24);1H. The maximum Gasteiger partial charge on any atom is 0.222 e. The summed E-state index contributed by atoms with van der Waals surface area (Å²) in [5.41, 5.74) is 1.50. The molecule has 1 unspecified atom stereocenters. The summed E-state index contributed by atoms with van der Waals surface area (Å²) in [5.74, 6) is 0.766. The minimum absolute atomic E-state index is 0. The van der Waals surface area contributed by atoms with E-state index in [1.165, 1.54) is 18.4 Å². The van der Waals surface area contributed by atoms with E-state index < -0.39 is 9.84 Å². The maximum absolute atomic E-state index is 12.1. The van der Waals surface area contributed by atoms with Crippen LogP contribution in [-0.4, -0.2) is 58.0 Å². The molecule has 0 radical (unpaired) electrons. The number of benzene rings is 1. The Morgan fingerprint density at radius 2 is 1.87 bits per heavy atom. The van der Waals surface area contributed by atoms with Gasteiger partial charge >= 0.3 is 0 Å². The average Bonchev–Trinajstić information content (AvgIpc) is 3.32. The molecule has 168 valence electrons. The van der Waals surface area contributed by atoms with E-state index in [1.807, 2.05) is 6.07 Å². The molecule has 7 nitrogen and oxygen atoms in total. The number of carbonyl (C=O) groups is 1. The van der Waals surface area contributed by atoms with Gasteiger partial charge in [-0.2, -0.15) is 0 Å². The highest BCUT2D eigenvalue weighted by molar-refractivity contribution is 14.0. The highest BCUT2D eigenvalue weighted by Crippen LogP contribution is 2.40. The number of guanidine groups is 1. The van der Waals surface area contributed by atoms with E-state index in [0.29, 0.717) is 18.9 Å². The summed E-state index contributed by atoms with van der Waals surface area (Å²) in [6, 6.07) is 10.4. The number of hydrogen-bond donors (Lipinski definition) is 3. The van der Waals surface area contributed by atoms with Gasteiger partial charge in [-0.25, -0.2) is 8.42 Å². The monoisotopic (exact) mass is 548 g/mol. The molecule has 1 heterocycles. The fourth-order valence-corrected chi connectivity index (χ4v) is 6.06. The number of carbonyl (C=O) groups excluding carboxylic acids is 1. The Bertz CT molecular complexity index is 824. The molecule has 0 aromatic heterocycles. The fraction of sp³-hybridized carbons (Fsp3) is 0.619. The van der Waals surface area contributed by atoms with Crippen LogP contribution in [0.2, 0.25) is 0 Å². The van der Waals surface area contributed by atoms with Gasteiger partial charge in [0, 0.05) is 38.0 Å². The minimum Gasteiger partial charge on any atom is -0.356 e. The van der Waals surface area contributed by atoms with Crippen molar-refractivity contribution in [2.45, 2.75) is 50.0 Å². The van der Waals surface area contributed by atoms with E-state index >= 15 is 0 Å². The van der Waals surface area contributed by atoms with E-state index in [1.54, 1.807) is 7.05 Å². The van der Waals surface area contributed by atoms with Crippen LogP contribution in [0.25, 0.3) is 0 Å². The van der Waals surface area contributed by atoms with Gasteiger partial charge in [-0.3, -0.25) is 9.79 Å². The lowest BCUT2D eigenvalue weighted by Gasteiger charge is -2.30. The number of sulfone groups is 1. The molecule has 1 aliphatic heterocycles. The highest BCUT2D eigenvalue weighted by atomic mass is 127. The Hall–Kier alpha value is -1.36. The van der Waals surface area contributed by atoms with Gasteiger partial charge in [-0.15, -0.1) is 24.0 Å². The Labute approximate surface area is 196 Å². The van der Waals surface area contributed by atoms with Gasteiger partial charge in [0.2, 0.25) is 5.91 Å². The molecule has 3 N–H and O–H groups in total. The van der Waals surface area contributed by atoms with E-state index in [0.717, 1.165) is 19.4 Å². The van der Waals surface area contributed by atoms with E-state index in [-0.39, 0.29) is 59.3 Å². The van der Waals surface area contributed by atoms with Gasteiger partial charge in [0.05, 0.1) is 11.5 Å². The van der Waals surface area contributed by atoms with Crippen molar-refractivity contribution in [2.75, 3.05) is 31.6 Å².